The zero-order chi connectivity index (χ0) is 33.8. The van der Waals surface area contributed by atoms with Crippen LogP contribution in [0.15, 0.2) is 65.6 Å². The van der Waals surface area contributed by atoms with Gasteiger partial charge >= 0.3 is 6.18 Å². The average Bonchev–Trinajstić information content (AvgIpc) is 3.00. The highest BCUT2D eigenvalue weighted by molar-refractivity contribution is 7.92. The van der Waals surface area contributed by atoms with Crippen molar-refractivity contribution in [3.8, 4) is 0 Å². The highest BCUT2D eigenvalue weighted by Crippen LogP contribution is 2.38. The van der Waals surface area contributed by atoms with Gasteiger partial charge in [-0.15, -0.1) is 0 Å². The zero-order valence-electron chi connectivity index (χ0n) is 25.1. The second-order valence-electron chi connectivity index (χ2n) is 11.2. The molecule has 0 saturated heterocycles. The summed E-state index contributed by atoms with van der Waals surface area (Å²) in [5, 5.41) is 2.75. The molecule has 248 valence electrons. The Kier molecular flexibility index (Phi) is 11.6. The predicted molar refractivity (Wildman–Crippen MR) is 174 cm³/mol. The van der Waals surface area contributed by atoms with Gasteiger partial charge < -0.3 is 10.2 Å². The van der Waals surface area contributed by atoms with E-state index in [2.05, 4.69) is 5.32 Å². The number of alkyl halides is 3. The summed E-state index contributed by atoms with van der Waals surface area (Å²) in [4.78, 5) is 28.5. The van der Waals surface area contributed by atoms with Crippen molar-refractivity contribution in [3.63, 3.8) is 0 Å². The fraction of sp³-hybridized carbons (Fsp3) is 0.375. The van der Waals surface area contributed by atoms with Crippen molar-refractivity contribution in [1.29, 1.82) is 0 Å². The molecule has 1 N–H and O–H groups in total. The third kappa shape index (κ3) is 8.48. The number of carbonyl (C=O) groups excluding carboxylic acids is 2. The van der Waals surface area contributed by atoms with Crippen LogP contribution in [0.5, 0.6) is 0 Å². The Morgan fingerprint density at radius 2 is 1.54 bits per heavy atom. The minimum absolute atomic E-state index is 0.0853. The first-order valence-electron chi connectivity index (χ1n) is 14.6. The molecule has 1 aliphatic carbocycles. The minimum atomic E-state index is -4.91. The molecule has 0 bridgehead atoms. The molecule has 1 saturated carbocycles. The van der Waals surface area contributed by atoms with Crippen molar-refractivity contribution in [2.75, 3.05) is 10.8 Å². The van der Waals surface area contributed by atoms with Crippen LogP contribution < -0.4 is 9.62 Å². The fourth-order valence-corrected chi connectivity index (χ4v) is 7.40. The van der Waals surface area contributed by atoms with E-state index in [9.17, 15) is 31.2 Å². The lowest BCUT2D eigenvalue weighted by molar-refractivity contribution is -0.139. The quantitative estimate of drug-likeness (QED) is 0.230. The Morgan fingerprint density at radius 1 is 0.935 bits per heavy atom. The van der Waals surface area contributed by atoms with E-state index >= 15 is 0 Å². The first-order valence-corrected chi connectivity index (χ1v) is 17.2. The van der Waals surface area contributed by atoms with Crippen molar-refractivity contribution in [2.24, 2.45) is 0 Å². The number of hydrogen-bond donors (Lipinski definition) is 1. The Hall–Kier alpha value is -2.99. The molecule has 14 heteroatoms. The third-order valence-electron chi connectivity index (χ3n) is 7.94. The predicted octanol–water partition coefficient (Wildman–Crippen LogP) is 8.04. The number of nitrogens with one attached hydrogen (secondary N) is 1. The molecule has 1 aliphatic rings. The van der Waals surface area contributed by atoms with Crippen molar-refractivity contribution in [3.05, 3.63) is 92.4 Å². The van der Waals surface area contributed by atoms with Crippen molar-refractivity contribution in [1.82, 2.24) is 10.2 Å². The first-order chi connectivity index (χ1) is 21.6. The number of nitrogens with zero attached hydrogens (tertiary/aromatic N) is 2. The number of aryl methyl sites for hydroxylation is 1. The number of carbonyl (C=O) groups is 2. The molecule has 3 aromatic rings. The number of hydrogen-bond acceptors (Lipinski definition) is 4. The van der Waals surface area contributed by atoms with E-state index in [1.165, 1.54) is 31.2 Å². The maximum atomic E-state index is 14.2. The summed E-state index contributed by atoms with van der Waals surface area (Å²) in [5.41, 5.74) is -0.660. The van der Waals surface area contributed by atoms with Crippen molar-refractivity contribution >= 4 is 62.3 Å². The lowest BCUT2D eigenvalue weighted by Gasteiger charge is -2.33. The third-order valence-corrected chi connectivity index (χ3v) is 10.8. The zero-order valence-corrected chi connectivity index (χ0v) is 28.2. The largest absolute Gasteiger partial charge is 0.417 e. The van der Waals surface area contributed by atoms with Gasteiger partial charge in [-0.05, 0) is 69.2 Å². The van der Waals surface area contributed by atoms with Crippen LogP contribution in [0.4, 0.5) is 18.9 Å². The van der Waals surface area contributed by atoms with Crippen LogP contribution in [-0.2, 0) is 32.3 Å². The molecule has 0 heterocycles. The van der Waals surface area contributed by atoms with Crippen LogP contribution in [0, 0.1) is 6.92 Å². The van der Waals surface area contributed by atoms with Gasteiger partial charge in [0.1, 0.15) is 12.6 Å². The van der Waals surface area contributed by atoms with Gasteiger partial charge in [0.05, 0.1) is 21.2 Å². The number of rotatable bonds is 10. The Morgan fingerprint density at radius 3 is 2.13 bits per heavy atom. The maximum Gasteiger partial charge on any atom is 0.417 e. The van der Waals surface area contributed by atoms with E-state index in [1.807, 2.05) is 0 Å². The Labute approximate surface area is 281 Å². The lowest BCUT2D eigenvalue weighted by Crippen LogP contribution is -2.53. The molecular weight excluding hydrogens is 686 g/mol. The highest BCUT2D eigenvalue weighted by atomic mass is 35.5. The molecule has 46 heavy (non-hydrogen) atoms. The average molecular weight is 719 g/mol. The van der Waals surface area contributed by atoms with Gasteiger partial charge in [0, 0.05) is 28.2 Å². The molecule has 1 atom stereocenters. The summed E-state index contributed by atoms with van der Waals surface area (Å²) in [6, 6.07) is 11.7. The van der Waals surface area contributed by atoms with Gasteiger partial charge in [0.2, 0.25) is 11.8 Å². The fourth-order valence-electron chi connectivity index (χ4n) is 5.26. The van der Waals surface area contributed by atoms with Crippen LogP contribution in [-0.4, -0.2) is 43.8 Å². The van der Waals surface area contributed by atoms with Crippen LogP contribution in [0.1, 0.15) is 55.7 Å². The van der Waals surface area contributed by atoms with Gasteiger partial charge in [0.25, 0.3) is 10.0 Å². The van der Waals surface area contributed by atoms with E-state index in [1.54, 1.807) is 25.1 Å². The minimum Gasteiger partial charge on any atom is -0.352 e. The van der Waals surface area contributed by atoms with Crippen LogP contribution >= 0.6 is 34.8 Å². The molecule has 3 aromatic carbocycles. The lowest BCUT2D eigenvalue weighted by atomic mass is 9.95. The maximum absolute atomic E-state index is 14.2. The SMILES string of the molecule is Cc1ccc(S(=O)(=O)N(CC(=O)N(Cc2c(Cl)cccc2Cl)C(C)C(=O)NC2CCCCC2)c2ccc(Cl)c(C(F)(F)F)c2)cc1. The smallest absolute Gasteiger partial charge is 0.352 e. The van der Waals surface area contributed by atoms with Gasteiger partial charge in [-0.1, -0.05) is 77.8 Å². The molecular formula is C32H33Cl3F3N3O4S. The van der Waals surface area contributed by atoms with Crippen molar-refractivity contribution in [2.45, 2.75) is 75.7 Å². The van der Waals surface area contributed by atoms with Crippen LogP contribution in [0.3, 0.4) is 0 Å². The van der Waals surface area contributed by atoms with Gasteiger partial charge in [0.15, 0.2) is 0 Å². The molecule has 2 amide bonds. The molecule has 1 fully saturated rings. The van der Waals surface area contributed by atoms with E-state index in [-0.39, 0.29) is 27.5 Å². The number of amides is 2. The van der Waals surface area contributed by atoms with E-state index in [0.29, 0.717) is 15.9 Å². The molecule has 7 nitrogen and oxygen atoms in total. The van der Waals surface area contributed by atoms with Crippen LogP contribution in [0.2, 0.25) is 15.1 Å². The molecule has 4 rings (SSSR count). The molecule has 0 aliphatic heterocycles. The highest BCUT2D eigenvalue weighted by Gasteiger charge is 2.37. The summed E-state index contributed by atoms with van der Waals surface area (Å²) in [6.07, 6.45) is -0.389. The summed E-state index contributed by atoms with van der Waals surface area (Å²) < 4.78 is 70.1. The first kappa shape index (κ1) is 35.9. The summed E-state index contributed by atoms with van der Waals surface area (Å²) in [6.45, 7) is 2.01. The number of sulfonamides is 1. The van der Waals surface area contributed by atoms with E-state index in [4.69, 9.17) is 34.8 Å². The summed E-state index contributed by atoms with van der Waals surface area (Å²) in [5.74, 6) is -1.34. The molecule has 0 spiro atoms. The van der Waals surface area contributed by atoms with E-state index < -0.39 is 56.9 Å². The number of anilines is 1. The standard InChI is InChI=1S/C32H33Cl3F3N3O4S/c1-20-11-14-24(15-12-20)46(44,45)41(23-13-16-29(35)26(17-23)32(36,37)38)19-30(42)40(18-25-27(33)9-6-10-28(25)34)21(2)31(43)39-22-7-4-3-5-8-22/h6,9-17,21-22H,3-5,7-8,18-19H2,1-2H3,(H,39,43). The normalized spacial score (nSPS) is 14.9. The second kappa shape index (κ2) is 14.8. The van der Waals surface area contributed by atoms with Gasteiger partial charge in [-0.2, -0.15) is 13.2 Å². The van der Waals surface area contributed by atoms with E-state index in [0.717, 1.165) is 54.7 Å². The number of halogens is 6. The number of benzene rings is 3. The topological polar surface area (TPSA) is 86.8 Å². The monoisotopic (exact) mass is 717 g/mol. The van der Waals surface area contributed by atoms with Gasteiger partial charge in [-0.25, -0.2) is 8.42 Å². The Balaban J connectivity index is 1.78. The molecule has 1 unspecified atom stereocenters. The van der Waals surface area contributed by atoms with Gasteiger partial charge in [-0.3, -0.25) is 13.9 Å². The summed E-state index contributed by atoms with van der Waals surface area (Å²) >= 11 is 18.7. The molecule has 0 aromatic heterocycles. The second-order valence-corrected chi connectivity index (χ2v) is 14.3. The summed E-state index contributed by atoms with van der Waals surface area (Å²) in [7, 11) is -4.61. The van der Waals surface area contributed by atoms with Crippen LogP contribution in [0.25, 0.3) is 0 Å². The Bertz CT molecular complexity index is 1660. The van der Waals surface area contributed by atoms with Crippen molar-refractivity contribution < 1.29 is 31.2 Å². The molecule has 0 radical (unpaired) electrons.